The first-order valence-corrected chi connectivity index (χ1v) is 7.83. The van der Waals surface area contributed by atoms with Crippen LogP contribution in [0.5, 0.6) is 6.01 Å². The van der Waals surface area contributed by atoms with E-state index < -0.39 is 41.6 Å². The number of benzene rings is 1. The first-order valence-electron chi connectivity index (χ1n) is 7.83. The number of rotatable bonds is 7. The molecule has 0 unspecified atom stereocenters. The van der Waals surface area contributed by atoms with Crippen molar-refractivity contribution in [2.45, 2.75) is 12.8 Å². The third-order valence-electron chi connectivity index (χ3n) is 4.04. The number of carbonyl (C=O) groups is 2. The van der Waals surface area contributed by atoms with Crippen LogP contribution in [-0.2, 0) is 19.1 Å². The van der Waals surface area contributed by atoms with Crippen LogP contribution in [0, 0.1) is 17.0 Å². The monoisotopic (exact) mass is 383 g/mol. The van der Waals surface area contributed by atoms with Crippen molar-refractivity contribution in [3.63, 3.8) is 0 Å². The van der Waals surface area contributed by atoms with Crippen molar-refractivity contribution in [1.29, 1.82) is 0 Å². The maximum absolute atomic E-state index is 13.8. The molecule has 0 saturated heterocycles. The Kier molecular flexibility index (Phi) is 4.93. The summed E-state index contributed by atoms with van der Waals surface area (Å²) in [6, 6.07) is 2.26. The van der Waals surface area contributed by atoms with Crippen molar-refractivity contribution < 1.29 is 37.8 Å². The molecule has 1 heterocycles. The summed E-state index contributed by atoms with van der Waals surface area (Å²) in [7, 11) is 1.26. The van der Waals surface area contributed by atoms with Crippen LogP contribution in [0.3, 0.4) is 0 Å². The second kappa shape index (κ2) is 7.17. The molecule has 144 valence electrons. The minimum atomic E-state index is -0.957. The van der Waals surface area contributed by atoms with E-state index in [1.54, 1.807) is 0 Å². The van der Waals surface area contributed by atoms with E-state index in [1.807, 2.05) is 0 Å². The number of ether oxygens (including phenoxy) is 3. The number of carbonyl (C=O) groups excluding carboxylic acids is 2. The van der Waals surface area contributed by atoms with Crippen LogP contribution >= 0.6 is 0 Å². The highest BCUT2D eigenvalue weighted by Gasteiger charge is 2.52. The highest BCUT2D eigenvalue weighted by molar-refractivity contribution is 5.80. The average molecular weight is 383 g/mol. The van der Waals surface area contributed by atoms with E-state index in [-0.39, 0.29) is 22.8 Å². The van der Waals surface area contributed by atoms with Gasteiger partial charge in [0, 0.05) is 6.07 Å². The number of hydrogen-bond acceptors (Lipinski definition) is 8. The Hall–Kier alpha value is -3.24. The maximum atomic E-state index is 13.8. The summed E-state index contributed by atoms with van der Waals surface area (Å²) in [5.74, 6) is -3.31. The second-order valence-corrected chi connectivity index (χ2v) is 5.95. The van der Waals surface area contributed by atoms with Crippen molar-refractivity contribution in [1.82, 2.24) is 14.9 Å². The normalized spacial score (nSPS) is 14.5. The lowest BCUT2D eigenvalue weighted by molar-refractivity contribution is -0.156. The molecule has 0 radical (unpaired) electrons. The van der Waals surface area contributed by atoms with E-state index >= 15 is 0 Å². The van der Waals surface area contributed by atoms with Gasteiger partial charge in [-0.05, 0) is 25.0 Å². The quantitative estimate of drug-likeness (QED) is 0.563. The van der Waals surface area contributed by atoms with Gasteiger partial charge in [-0.2, -0.15) is 4.98 Å². The zero-order valence-electron chi connectivity index (χ0n) is 14.1. The van der Waals surface area contributed by atoms with Crippen LogP contribution in [0.25, 0.3) is 11.4 Å². The number of hydrogen-bond donors (Lipinski definition) is 1. The molecule has 0 aliphatic heterocycles. The highest BCUT2D eigenvalue weighted by atomic mass is 19.1. The molecule has 1 aliphatic carbocycles. The van der Waals surface area contributed by atoms with Gasteiger partial charge in [-0.1, -0.05) is 9.94 Å². The first kappa shape index (κ1) is 18.5. The minimum Gasteiger partial charge on any atom is -0.468 e. The summed E-state index contributed by atoms with van der Waals surface area (Å²) in [6.07, 6.45) is 1.13. The maximum Gasteiger partial charge on any atom is 0.344 e. The number of methoxy groups -OCH3 is 1. The standard InChI is InChI=1S/C16H15F2N3O6/c1-25-14(23)16(4-5-16)8-27-12(22)7-26-15-19-13(21(24)20-15)10-3-2-9(17)6-11(10)18/h2-3,6,24H,4-5,7-8H2,1H3. The van der Waals surface area contributed by atoms with Crippen LogP contribution < -0.4 is 4.74 Å². The van der Waals surface area contributed by atoms with E-state index in [1.165, 1.54) is 7.11 Å². The molecule has 27 heavy (non-hydrogen) atoms. The minimum absolute atomic E-state index is 0.129. The van der Waals surface area contributed by atoms with E-state index in [0.717, 1.165) is 12.1 Å². The fraction of sp³-hybridized carbons (Fsp3) is 0.375. The lowest BCUT2D eigenvalue weighted by Crippen LogP contribution is -2.26. The number of esters is 2. The Morgan fingerprint density at radius 3 is 2.70 bits per heavy atom. The smallest absolute Gasteiger partial charge is 0.344 e. The SMILES string of the molecule is COC(=O)C1(COC(=O)COc2nc(-c3ccc(F)cc3F)n(O)n2)CC1. The Morgan fingerprint density at radius 2 is 2.07 bits per heavy atom. The second-order valence-electron chi connectivity index (χ2n) is 5.95. The van der Waals surface area contributed by atoms with Crippen molar-refractivity contribution in [3.05, 3.63) is 29.8 Å². The molecule has 1 aromatic carbocycles. The molecule has 0 atom stereocenters. The summed E-state index contributed by atoms with van der Waals surface area (Å²) in [5, 5.41) is 13.2. The first-order chi connectivity index (χ1) is 12.8. The van der Waals surface area contributed by atoms with Crippen molar-refractivity contribution in [3.8, 4) is 17.4 Å². The fourth-order valence-electron chi connectivity index (χ4n) is 2.34. The van der Waals surface area contributed by atoms with Crippen LogP contribution in [0.4, 0.5) is 8.78 Å². The Balaban J connectivity index is 1.57. The molecule has 0 spiro atoms. The molecule has 9 nitrogen and oxygen atoms in total. The average Bonchev–Trinajstić information content (AvgIpc) is 3.35. The van der Waals surface area contributed by atoms with Crippen molar-refractivity contribution in [2.24, 2.45) is 5.41 Å². The molecule has 11 heteroatoms. The van der Waals surface area contributed by atoms with Crippen LogP contribution in [0.1, 0.15) is 12.8 Å². The summed E-state index contributed by atoms with van der Waals surface area (Å²) >= 11 is 0. The summed E-state index contributed by atoms with van der Waals surface area (Å²) < 4.78 is 41.3. The van der Waals surface area contributed by atoms with Gasteiger partial charge < -0.3 is 19.4 Å². The van der Waals surface area contributed by atoms with Gasteiger partial charge in [-0.3, -0.25) is 4.79 Å². The number of aromatic nitrogens is 3. The molecule has 1 aromatic heterocycles. The van der Waals surface area contributed by atoms with Gasteiger partial charge in [0.05, 0.1) is 12.7 Å². The van der Waals surface area contributed by atoms with Gasteiger partial charge in [0.15, 0.2) is 6.61 Å². The molecule has 0 bridgehead atoms. The fourth-order valence-corrected chi connectivity index (χ4v) is 2.34. The van der Waals surface area contributed by atoms with Crippen LogP contribution in [0.2, 0.25) is 0 Å². The lowest BCUT2D eigenvalue weighted by Gasteiger charge is -2.12. The van der Waals surface area contributed by atoms with Gasteiger partial charge in [0.25, 0.3) is 0 Å². The molecule has 1 saturated carbocycles. The van der Waals surface area contributed by atoms with Gasteiger partial charge in [0.1, 0.15) is 23.7 Å². The van der Waals surface area contributed by atoms with Gasteiger partial charge >= 0.3 is 17.9 Å². The van der Waals surface area contributed by atoms with E-state index in [4.69, 9.17) is 9.47 Å². The molecular formula is C16H15F2N3O6. The van der Waals surface area contributed by atoms with Gasteiger partial charge in [0.2, 0.25) is 5.82 Å². The number of nitrogens with zero attached hydrogens (tertiary/aromatic N) is 3. The molecule has 1 aliphatic rings. The summed E-state index contributed by atoms with van der Waals surface area (Å²) in [4.78, 5) is 27.3. The molecule has 0 amide bonds. The Morgan fingerprint density at radius 1 is 1.33 bits per heavy atom. The molecule has 3 rings (SSSR count). The van der Waals surface area contributed by atoms with Gasteiger partial charge in [-0.25, -0.2) is 13.6 Å². The third-order valence-corrected chi connectivity index (χ3v) is 4.04. The zero-order chi connectivity index (χ0) is 19.6. The Labute approximate surface area is 151 Å². The predicted molar refractivity (Wildman–Crippen MR) is 82.7 cm³/mol. The zero-order valence-corrected chi connectivity index (χ0v) is 14.1. The summed E-state index contributed by atoms with van der Waals surface area (Å²) in [6.45, 7) is -0.720. The van der Waals surface area contributed by atoms with Crippen molar-refractivity contribution in [2.75, 3.05) is 20.3 Å². The predicted octanol–water partition coefficient (Wildman–Crippen LogP) is 1.34. The Bertz CT molecular complexity index is 881. The van der Waals surface area contributed by atoms with Crippen LogP contribution in [-0.4, -0.2) is 52.4 Å². The highest BCUT2D eigenvalue weighted by Crippen LogP contribution is 2.46. The molecule has 2 aromatic rings. The molecule has 1 fully saturated rings. The van der Waals surface area contributed by atoms with Gasteiger partial charge in [-0.15, -0.1) is 0 Å². The van der Waals surface area contributed by atoms with E-state index in [9.17, 15) is 23.6 Å². The van der Waals surface area contributed by atoms with E-state index in [0.29, 0.717) is 18.9 Å². The largest absolute Gasteiger partial charge is 0.468 e. The number of halogens is 2. The van der Waals surface area contributed by atoms with Crippen molar-refractivity contribution >= 4 is 11.9 Å². The van der Waals surface area contributed by atoms with Crippen LogP contribution in [0.15, 0.2) is 18.2 Å². The summed E-state index contributed by atoms with van der Waals surface area (Å²) in [5.41, 5.74) is -1.000. The molecule has 1 N–H and O–H groups in total. The topological polar surface area (TPSA) is 113 Å². The lowest BCUT2D eigenvalue weighted by atomic mass is 10.1. The van der Waals surface area contributed by atoms with E-state index in [2.05, 4.69) is 14.8 Å². The third kappa shape index (κ3) is 3.96. The molecular weight excluding hydrogens is 368 g/mol.